The van der Waals surface area contributed by atoms with E-state index in [0.29, 0.717) is 0 Å². The Kier molecular flexibility index (Phi) is 6.88. The maximum absolute atomic E-state index is 3.38. The number of nitrogens with one attached hydrogen (secondary N) is 1. The quantitative estimate of drug-likeness (QED) is 0.478. The third kappa shape index (κ3) is 11.1. The molecule has 0 atom stereocenters. The Morgan fingerprint density at radius 1 is 1.29 bits per heavy atom. The second kappa shape index (κ2) is 4.29. The van der Waals surface area contributed by atoms with Crippen molar-refractivity contribution in [2.75, 3.05) is 0 Å². The number of hydrogen-bond donors (Lipinski definition) is 1. The monoisotopic (exact) mass is 142 g/mol. The summed E-state index contributed by atoms with van der Waals surface area (Å²) >= 11 is 0. The van der Waals surface area contributed by atoms with E-state index in [9.17, 15) is 0 Å². The Hall–Kier alpha value is 1.39. The third-order valence-electron chi connectivity index (χ3n) is 0.750. The van der Waals surface area contributed by atoms with Crippen LogP contribution in [0.2, 0.25) is 19.6 Å². The first-order valence-electron chi connectivity index (χ1n) is 2.25. The molecule has 0 fully saturated rings. The van der Waals surface area contributed by atoms with Crippen LogP contribution in [0.5, 0.6) is 0 Å². The molecule has 0 amide bonds. The van der Waals surface area contributed by atoms with Gasteiger partial charge in [0.1, 0.15) is 8.24 Å². The van der Waals surface area contributed by atoms with Gasteiger partial charge in [0, 0.05) is 29.6 Å². The summed E-state index contributed by atoms with van der Waals surface area (Å²) in [5, 5.41) is 0. The van der Waals surface area contributed by atoms with Crippen molar-refractivity contribution < 1.29 is 0 Å². The molecule has 0 unspecified atom stereocenters. The second-order valence-corrected chi connectivity index (χ2v) is 9.00. The summed E-state index contributed by atoms with van der Waals surface area (Å²) in [6.07, 6.45) is 0. The minimum absolute atomic E-state index is 0. The minimum atomic E-state index is -0.819. The van der Waals surface area contributed by atoms with Gasteiger partial charge in [0.25, 0.3) is 0 Å². The van der Waals surface area contributed by atoms with Gasteiger partial charge in [0.05, 0.1) is 10.4 Å². The Morgan fingerprint density at radius 3 is 1.43 bits per heavy atom. The molecule has 0 aromatic rings. The van der Waals surface area contributed by atoms with E-state index in [0.717, 1.165) is 10.4 Å². The van der Waals surface area contributed by atoms with Crippen LogP contribution in [0.1, 0.15) is 0 Å². The van der Waals surface area contributed by atoms with Crippen LogP contribution >= 0.6 is 0 Å². The summed E-state index contributed by atoms with van der Waals surface area (Å²) < 4.78 is 3.38. The van der Waals surface area contributed by atoms with Crippen molar-refractivity contribution in [1.82, 2.24) is 4.65 Å². The first kappa shape index (κ1) is 11.2. The fraction of sp³-hybridized carbons (Fsp3) is 1.00. The van der Waals surface area contributed by atoms with Crippen molar-refractivity contribution >= 4 is 48.2 Å². The normalized spacial score (nSPS) is 10.7. The minimum Gasteiger partial charge on any atom is -0.367 e. The zero-order valence-corrected chi connectivity index (χ0v) is 11.0. The molecule has 0 bridgehead atoms. The van der Waals surface area contributed by atoms with Gasteiger partial charge in [0.15, 0.2) is 0 Å². The standard InChI is InChI=1S/C3H13NSi2.Na/c1-6(2,3)4-5;/h4H,1-3,5H3;. The molecule has 0 heterocycles. The van der Waals surface area contributed by atoms with Crippen LogP contribution in [-0.2, 0) is 0 Å². The smallest absolute Gasteiger partial charge is 0.109 e. The molecule has 0 saturated heterocycles. The van der Waals surface area contributed by atoms with E-state index in [4.69, 9.17) is 0 Å². The summed E-state index contributed by atoms with van der Waals surface area (Å²) in [4.78, 5) is 0. The average Bonchev–Trinajstić information content (AvgIpc) is 1.35. The van der Waals surface area contributed by atoms with Crippen molar-refractivity contribution in [2.24, 2.45) is 0 Å². The molecular weight excluding hydrogens is 129 g/mol. The second-order valence-electron chi connectivity index (χ2n) is 2.50. The van der Waals surface area contributed by atoms with E-state index in [2.05, 4.69) is 24.3 Å². The maximum atomic E-state index is 3.38. The van der Waals surface area contributed by atoms with Crippen molar-refractivity contribution in [3.05, 3.63) is 0 Å². The topological polar surface area (TPSA) is 12.0 Å². The molecule has 1 nitrogen and oxygen atoms in total. The largest absolute Gasteiger partial charge is 0.367 e. The van der Waals surface area contributed by atoms with Gasteiger partial charge in [-0.25, -0.2) is 0 Å². The van der Waals surface area contributed by atoms with Crippen molar-refractivity contribution in [1.29, 1.82) is 0 Å². The molecular formula is C3H13NNaSi2. The fourth-order valence-electron chi connectivity index (χ4n) is 0. The molecule has 1 radical (unpaired) electrons. The van der Waals surface area contributed by atoms with Gasteiger partial charge in [-0.05, 0) is 0 Å². The Bertz CT molecular complexity index is 42.7. The Morgan fingerprint density at radius 2 is 1.43 bits per heavy atom. The fourth-order valence-corrected chi connectivity index (χ4v) is 0. The molecule has 4 heteroatoms. The molecule has 0 saturated carbocycles. The van der Waals surface area contributed by atoms with Crippen LogP contribution in [0.15, 0.2) is 0 Å². The zero-order valence-electron chi connectivity index (χ0n) is 6.00. The molecule has 0 aliphatic heterocycles. The summed E-state index contributed by atoms with van der Waals surface area (Å²) in [6.45, 7) is 6.92. The van der Waals surface area contributed by atoms with Gasteiger partial charge >= 0.3 is 0 Å². The van der Waals surface area contributed by atoms with Gasteiger partial charge in [-0.2, -0.15) is 0 Å². The molecule has 0 aromatic carbocycles. The predicted molar refractivity (Wildman–Crippen MR) is 42.2 cm³/mol. The van der Waals surface area contributed by atoms with Gasteiger partial charge < -0.3 is 4.65 Å². The molecule has 0 aliphatic rings. The maximum Gasteiger partial charge on any atom is 0.109 e. The number of rotatable bonds is 1. The van der Waals surface area contributed by atoms with E-state index in [1.165, 1.54) is 0 Å². The van der Waals surface area contributed by atoms with Gasteiger partial charge in [-0.15, -0.1) is 0 Å². The summed E-state index contributed by atoms with van der Waals surface area (Å²) in [7, 11) is 0.340. The number of hydrogen-bond acceptors (Lipinski definition) is 1. The molecule has 0 spiro atoms. The first-order valence-corrected chi connectivity index (χ1v) is 6.75. The summed E-state index contributed by atoms with van der Waals surface area (Å²) in [6, 6.07) is 0. The van der Waals surface area contributed by atoms with Crippen molar-refractivity contribution in [3.63, 3.8) is 0 Å². The van der Waals surface area contributed by atoms with E-state index in [1.54, 1.807) is 0 Å². The summed E-state index contributed by atoms with van der Waals surface area (Å²) in [5.41, 5.74) is 0. The van der Waals surface area contributed by atoms with Crippen LogP contribution in [0.25, 0.3) is 0 Å². The van der Waals surface area contributed by atoms with Crippen LogP contribution < -0.4 is 4.65 Å². The third-order valence-corrected chi connectivity index (χ3v) is 6.75. The molecule has 0 aliphatic carbocycles. The van der Waals surface area contributed by atoms with E-state index in [-0.39, 0.29) is 29.6 Å². The predicted octanol–water partition coefficient (Wildman–Crippen LogP) is -0.690. The van der Waals surface area contributed by atoms with Gasteiger partial charge in [0.2, 0.25) is 0 Å². The van der Waals surface area contributed by atoms with Crippen LogP contribution in [0.4, 0.5) is 0 Å². The van der Waals surface area contributed by atoms with Crippen LogP contribution in [0.3, 0.4) is 0 Å². The van der Waals surface area contributed by atoms with Crippen molar-refractivity contribution in [3.8, 4) is 0 Å². The summed E-state index contributed by atoms with van der Waals surface area (Å²) in [5.74, 6) is 0. The Balaban J connectivity index is 0. The van der Waals surface area contributed by atoms with Crippen LogP contribution in [0, 0.1) is 0 Å². The van der Waals surface area contributed by atoms with E-state index >= 15 is 0 Å². The van der Waals surface area contributed by atoms with E-state index < -0.39 is 8.24 Å². The molecule has 7 heavy (non-hydrogen) atoms. The SMILES string of the molecule is C[Si](C)(C)N[SiH3].[Na]. The molecule has 39 valence electrons. The molecule has 1 N–H and O–H groups in total. The first-order chi connectivity index (χ1) is 2.56. The van der Waals surface area contributed by atoms with E-state index in [1.807, 2.05) is 0 Å². The van der Waals surface area contributed by atoms with Gasteiger partial charge in [-0.3, -0.25) is 0 Å². The van der Waals surface area contributed by atoms with Crippen molar-refractivity contribution in [2.45, 2.75) is 19.6 Å². The van der Waals surface area contributed by atoms with Crippen LogP contribution in [-0.4, -0.2) is 48.2 Å². The molecule has 0 aromatic heterocycles. The van der Waals surface area contributed by atoms with Gasteiger partial charge in [-0.1, -0.05) is 19.6 Å². The average molecular weight is 142 g/mol. The zero-order chi connectivity index (χ0) is 5.21. The Labute approximate surface area is 72.1 Å². The molecule has 0 rings (SSSR count).